The zero-order valence-electron chi connectivity index (χ0n) is 7.34. The molecule has 0 saturated heterocycles. The van der Waals surface area contributed by atoms with E-state index >= 15 is 0 Å². The fraction of sp³-hybridized carbons (Fsp3) is 0.125. The Morgan fingerprint density at radius 2 is 2.27 bits per heavy atom. The van der Waals surface area contributed by atoms with Crippen molar-refractivity contribution < 1.29 is 19.2 Å². The van der Waals surface area contributed by atoms with E-state index in [2.05, 4.69) is 0 Å². The minimum Gasteiger partial charge on any atom is -0.481 e. The van der Waals surface area contributed by atoms with Crippen LogP contribution in [-0.4, -0.2) is 21.8 Å². The summed E-state index contributed by atoms with van der Waals surface area (Å²) in [6.45, 7) is 0. The van der Waals surface area contributed by atoms with E-state index in [-0.39, 0.29) is 16.3 Å². The van der Waals surface area contributed by atoms with Gasteiger partial charge in [0.05, 0.1) is 15.6 Å². The fourth-order valence-electron chi connectivity index (χ4n) is 0.856. The molecule has 0 bridgehead atoms. The van der Waals surface area contributed by atoms with Crippen molar-refractivity contribution in [3.63, 3.8) is 0 Å². The number of non-ortho nitro benzene ring substituents is 1. The summed E-state index contributed by atoms with van der Waals surface area (Å²) in [5.74, 6) is -2.10. The zero-order valence-corrected chi connectivity index (χ0v) is 8.16. The third-order valence-electron chi connectivity index (χ3n) is 1.48. The smallest absolute Gasteiger partial charge is 0.313 e. The standard InChI is InChI=1S/C8H6FNO4S/c9-6-2-1-5(10(13)14)3-7(6)15-4-8(11)12/h1-3H,4H2,(H,11,12). The summed E-state index contributed by atoms with van der Waals surface area (Å²) >= 11 is 0.708. The molecule has 1 aromatic rings. The van der Waals surface area contributed by atoms with Crippen LogP contribution in [0.3, 0.4) is 0 Å². The van der Waals surface area contributed by atoms with Crippen molar-refractivity contribution in [1.29, 1.82) is 0 Å². The molecule has 7 heteroatoms. The quantitative estimate of drug-likeness (QED) is 0.486. The second-order valence-corrected chi connectivity index (χ2v) is 3.57. The van der Waals surface area contributed by atoms with Crippen LogP contribution in [0, 0.1) is 15.9 Å². The Labute approximate surface area is 88.1 Å². The molecule has 0 atom stereocenters. The summed E-state index contributed by atoms with van der Waals surface area (Å²) in [4.78, 5) is 19.9. The predicted molar refractivity (Wildman–Crippen MR) is 51.4 cm³/mol. The lowest BCUT2D eigenvalue weighted by Crippen LogP contribution is -1.98. The topological polar surface area (TPSA) is 80.4 Å². The monoisotopic (exact) mass is 231 g/mol. The van der Waals surface area contributed by atoms with Gasteiger partial charge in [0.15, 0.2) is 0 Å². The highest BCUT2D eigenvalue weighted by atomic mass is 32.2. The molecule has 0 unspecified atom stereocenters. The Morgan fingerprint density at radius 1 is 1.60 bits per heavy atom. The van der Waals surface area contributed by atoms with Crippen molar-refractivity contribution in [2.24, 2.45) is 0 Å². The minimum atomic E-state index is -1.11. The normalized spacial score (nSPS) is 9.93. The van der Waals surface area contributed by atoms with Crippen LogP contribution in [0.2, 0.25) is 0 Å². The summed E-state index contributed by atoms with van der Waals surface area (Å²) in [6.07, 6.45) is 0. The van der Waals surface area contributed by atoms with E-state index in [0.717, 1.165) is 18.2 Å². The molecule has 0 heterocycles. The van der Waals surface area contributed by atoms with E-state index in [1.54, 1.807) is 0 Å². The van der Waals surface area contributed by atoms with E-state index in [4.69, 9.17) is 5.11 Å². The average molecular weight is 231 g/mol. The summed E-state index contributed by atoms with van der Waals surface area (Å²) in [5.41, 5.74) is -0.260. The number of hydrogen-bond donors (Lipinski definition) is 1. The van der Waals surface area contributed by atoms with Gasteiger partial charge in [-0.25, -0.2) is 4.39 Å². The van der Waals surface area contributed by atoms with Gasteiger partial charge in [0.2, 0.25) is 0 Å². The number of aliphatic carboxylic acids is 1. The molecule has 1 N–H and O–H groups in total. The Bertz CT molecular complexity index is 410. The summed E-state index contributed by atoms with van der Waals surface area (Å²) < 4.78 is 13.0. The molecule has 15 heavy (non-hydrogen) atoms. The first-order valence-corrected chi connectivity index (χ1v) is 4.78. The van der Waals surface area contributed by atoms with Gasteiger partial charge in [0, 0.05) is 12.1 Å². The van der Waals surface area contributed by atoms with Crippen molar-refractivity contribution in [3.8, 4) is 0 Å². The molecular weight excluding hydrogens is 225 g/mol. The first-order valence-electron chi connectivity index (χ1n) is 3.79. The van der Waals surface area contributed by atoms with Crippen LogP contribution in [-0.2, 0) is 4.79 Å². The Balaban J connectivity index is 2.90. The van der Waals surface area contributed by atoms with Crippen LogP contribution in [0.4, 0.5) is 10.1 Å². The lowest BCUT2D eigenvalue weighted by molar-refractivity contribution is -0.385. The second-order valence-electron chi connectivity index (χ2n) is 2.55. The highest BCUT2D eigenvalue weighted by molar-refractivity contribution is 8.00. The minimum absolute atomic E-state index is 0.0356. The van der Waals surface area contributed by atoms with E-state index in [0.29, 0.717) is 11.8 Å². The number of nitrogens with zero attached hydrogens (tertiary/aromatic N) is 1. The molecular formula is C8H6FNO4S. The molecule has 1 aromatic carbocycles. The number of hydrogen-bond acceptors (Lipinski definition) is 4. The van der Waals surface area contributed by atoms with Crippen molar-refractivity contribution in [2.75, 3.05) is 5.75 Å². The number of carboxylic acids is 1. The fourth-order valence-corrected chi connectivity index (χ4v) is 1.54. The second kappa shape index (κ2) is 4.74. The number of rotatable bonds is 4. The molecule has 0 saturated carbocycles. The van der Waals surface area contributed by atoms with Crippen LogP contribution in [0.15, 0.2) is 23.1 Å². The van der Waals surface area contributed by atoms with Crippen molar-refractivity contribution >= 4 is 23.4 Å². The maximum absolute atomic E-state index is 13.0. The summed E-state index contributed by atoms with van der Waals surface area (Å²) in [6, 6.07) is 2.99. The zero-order chi connectivity index (χ0) is 11.4. The molecule has 0 amide bonds. The number of nitro benzene ring substituents is 1. The first kappa shape index (κ1) is 11.4. The van der Waals surface area contributed by atoms with Gasteiger partial charge in [-0.1, -0.05) is 0 Å². The molecule has 5 nitrogen and oxygen atoms in total. The van der Waals surface area contributed by atoms with Gasteiger partial charge in [-0.05, 0) is 6.07 Å². The molecule has 0 radical (unpaired) electrons. The number of carbonyl (C=O) groups is 1. The number of nitro groups is 1. The van der Waals surface area contributed by atoms with Crippen LogP contribution < -0.4 is 0 Å². The highest BCUT2D eigenvalue weighted by Gasteiger charge is 2.12. The predicted octanol–water partition coefficient (Wildman–Crippen LogP) is 1.91. The van der Waals surface area contributed by atoms with Crippen molar-refractivity contribution in [3.05, 3.63) is 34.1 Å². The number of halogens is 1. The van der Waals surface area contributed by atoms with Gasteiger partial charge < -0.3 is 5.11 Å². The lowest BCUT2D eigenvalue weighted by atomic mass is 10.3. The molecule has 80 valence electrons. The van der Waals surface area contributed by atoms with Gasteiger partial charge in [-0.2, -0.15) is 0 Å². The third kappa shape index (κ3) is 3.21. The number of carboxylic acid groups (broad SMARTS) is 1. The SMILES string of the molecule is O=C(O)CSc1cc([N+](=O)[O-])ccc1F. The van der Waals surface area contributed by atoms with Gasteiger partial charge in [-0.3, -0.25) is 14.9 Å². The Hall–Kier alpha value is -1.63. The van der Waals surface area contributed by atoms with E-state index in [1.165, 1.54) is 0 Å². The molecule has 0 aliphatic rings. The lowest BCUT2D eigenvalue weighted by Gasteiger charge is -2.00. The van der Waals surface area contributed by atoms with Crippen LogP contribution >= 0.6 is 11.8 Å². The van der Waals surface area contributed by atoms with Crippen molar-refractivity contribution in [1.82, 2.24) is 0 Å². The van der Waals surface area contributed by atoms with Crippen LogP contribution in [0.1, 0.15) is 0 Å². The molecule has 0 fully saturated rings. The molecule has 1 rings (SSSR count). The average Bonchev–Trinajstić information content (AvgIpc) is 2.16. The maximum atomic E-state index is 13.0. The maximum Gasteiger partial charge on any atom is 0.313 e. The van der Waals surface area contributed by atoms with Gasteiger partial charge in [0.25, 0.3) is 5.69 Å². The first-order chi connectivity index (χ1) is 7.00. The highest BCUT2D eigenvalue weighted by Crippen LogP contribution is 2.25. The summed E-state index contributed by atoms with van der Waals surface area (Å²) in [5, 5.41) is 18.7. The van der Waals surface area contributed by atoms with Gasteiger partial charge >= 0.3 is 5.97 Å². The molecule has 0 spiro atoms. The third-order valence-corrected chi connectivity index (χ3v) is 2.49. The van der Waals surface area contributed by atoms with E-state index < -0.39 is 16.7 Å². The Kier molecular flexibility index (Phi) is 3.62. The van der Waals surface area contributed by atoms with Crippen LogP contribution in [0.25, 0.3) is 0 Å². The summed E-state index contributed by atoms with van der Waals surface area (Å²) in [7, 11) is 0. The largest absolute Gasteiger partial charge is 0.481 e. The van der Waals surface area contributed by atoms with Crippen molar-refractivity contribution in [2.45, 2.75) is 4.90 Å². The van der Waals surface area contributed by atoms with Gasteiger partial charge in [0.1, 0.15) is 5.82 Å². The molecule has 0 aliphatic heterocycles. The van der Waals surface area contributed by atoms with E-state index in [9.17, 15) is 19.3 Å². The Morgan fingerprint density at radius 3 is 2.80 bits per heavy atom. The van der Waals surface area contributed by atoms with Gasteiger partial charge in [-0.15, -0.1) is 11.8 Å². The molecule has 0 aromatic heterocycles. The van der Waals surface area contributed by atoms with E-state index in [1.807, 2.05) is 0 Å². The number of thioether (sulfide) groups is 1. The molecule has 0 aliphatic carbocycles. The van der Waals surface area contributed by atoms with Crippen LogP contribution in [0.5, 0.6) is 0 Å². The number of benzene rings is 1.